The fourth-order valence-corrected chi connectivity index (χ4v) is 2.47. The number of rotatable bonds is 5. The van der Waals surface area contributed by atoms with Gasteiger partial charge in [-0.15, -0.1) is 0 Å². The van der Waals surface area contributed by atoms with Gasteiger partial charge >= 0.3 is 0 Å². The highest BCUT2D eigenvalue weighted by atomic mass is 35.5. The van der Waals surface area contributed by atoms with Crippen molar-refractivity contribution in [1.82, 2.24) is 10.1 Å². The second-order valence-corrected chi connectivity index (χ2v) is 5.71. The van der Waals surface area contributed by atoms with E-state index in [-0.39, 0.29) is 5.91 Å². The van der Waals surface area contributed by atoms with Crippen LogP contribution in [-0.4, -0.2) is 22.5 Å². The lowest BCUT2D eigenvalue weighted by atomic mass is 10.2. The third-order valence-corrected chi connectivity index (χ3v) is 4.08. The van der Waals surface area contributed by atoms with Crippen LogP contribution in [0, 0.1) is 0 Å². The van der Waals surface area contributed by atoms with Crippen LogP contribution in [0.3, 0.4) is 0 Å². The number of hydrogen-bond acceptors (Lipinski definition) is 3. The normalized spacial score (nSPS) is 14.2. The van der Waals surface area contributed by atoms with E-state index in [0.717, 1.165) is 24.2 Å². The lowest BCUT2D eigenvalue weighted by Gasteiger charge is -2.20. The van der Waals surface area contributed by atoms with Crippen molar-refractivity contribution >= 4 is 17.5 Å². The number of amides is 1. The average Bonchev–Trinajstić information content (AvgIpc) is 3.23. The van der Waals surface area contributed by atoms with Crippen molar-refractivity contribution in [2.24, 2.45) is 0 Å². The number of nitrogens with zero attached hydrogens (tertiary/aromatic N) is 2. The second kappa shape index (κ2) is 5.90. The van der Waals surface area contributed by atoms with Crippen molar-refractivity contribution in [1.29, 1.82) is 0 Å². The Bertz CT molecular complexity index is 649. The Morgan fingerprint density at radius 3 is 2.86 bits per heavy atom. The zero-order chi connectivity index (χ0) is 14.8. The van der Waals surface area contributed by atoms with Gasteiger partial charge < -0.3 is 9.42 Å². The molecule has 1 fully saturated rings. The maximum absolute atomic E-state index is 12.5. The van der Waals surface area contributed by atoms with Gasteiger partial charge in [0, 0.05) is 30.1 Å². The molecule has 5 heteroatoms. The zero-order valence-corrected chi connectivity index (χ0v) is 12.6. The minimum Gasteiger partial charge on any atom is -0.360 e. The van der Waals surface area contributed by atoms with Gasteiger partial charge in [-0.05, 0) is 31.4 Å². The molecule has 1 aromatic heterocycles. The number of carbonyl (C=O) groups is 1. The average molecular weight is 305 g/mol. The molecule has 1 aliphatic carbocycles. The molecular formula is C16H17ClN2O2. The van der Waals surface area contributed by atoms with Gasteiger partial charge in [0.05, 0.1) is 0 Å². The molecule has 3 rings (SSSR count). The molecule has 0 N–H and O–H groups in total. The van der Waals surface area contributed by atoms with Crippen LogP contribution in [0.4, 0.5) is 0 Å². The van der Waals surface area contributed by atoms with Gasteiger partial charge in [-0.25, -0.2) is 0 Å². The molecule has 4 nitrogen and oxygen atoms in total. The minimum atomic E-state index is -0.118. The number of halogens is 1. The van der Waals surface area contributed by atoms with E-state index in [1.807, 2.05) is 31.2 Å². The molecule has 0 atom stereocenters. The minimum absolute atomic E-state index is 0.118. The van der Waals surface area contributed by atoms with E-state index in [1.54, 1.807) is 11.0 Å². The SMILES string of the molecule is CCN(Cc1ccccc1Cl)C(=O)c1cc(C2CC2)on1. The smallest absolute Gasteiger partial charge is 0.276 e. The van der Waals surface area contributed by atoms with Crippen LogP contribution in [0.2, 0.25) is 5.02 Å². The molecule has 1 aromatic carbocycles. The molecule has 0 saturated heterocycles. The molecule has 110 valence electrons. The number of aromatic nitrogens is 1. The third-order valence-electron chi connectivity index (χ3n) is 3.72. The summed E-state index contributed by atoms with van der Waals surface area (Å²) in [5, 5.41) is 4.58. The summed E-state index contributed by atoms with van der Waals surface area (Å²) in [4.78, 5) is 14.2. The molecule has 0 radical (unpaired) electrons. The molecule has 1 heterocycles. The summed E-state index contributed by atoms with van der Waals surface area (Å²) in [5.41, 5.74) is 1.31. The summed E-state index contributed by atoms with van der Waals surface area (Å²) >= 11 is 6.16. The maximum atomic E-state index is 12.5. The predicted octanol–water partition coefficient (Wildman–Crippen LogP) is 3.87. The Morgan fingerprint density at radius 1 is 1.43 bits per heavy atom. The molecule has 1 saturated carbocycles. The number of carbonyl (C=O) groups excluding carboxylic acids is 1. The standard InChI is InChI=1S/C16H17ClN2O2/c1-2-19(10-12-5-3-4-6-13(12)17)16(20)14-9-15(21-18-14)11-7-8-11/h3-6,9,11H,2,7-8,10H2,1H3. The van der Waals surface area contributed by atoms with Crippen molar-refractivity contribution < 1.29 is 9.32 Å². The lowest BCUT2D eigenvalue weighted by Crippen LogP contribution is -2.30. The van der Waals surface area contributed by atoms with Crippen LogP contribution < -0.4 is 0 Å². The van der Waals surface area contributed by atoms with Crippen molar-refractivity contribution in [2.75, 3.05) is 6.54 Å². The van der Waals surface area contributed by atoms with Crippen LogP contribution in [0.15, 0.2) is 34.9 Å². The van der Waals surface area contributed by atoms with Crippen molar-refractivity contribution in [3.8, 4) is 0 Å². The Balaban J connectivity index is 1.75. The molecule has 0 aliphatic heterocycles. The van der Waals surface area contributed by atoms with E-state index >= 15 is 0 Å². The summed E-state index contributed by atoms with van der Waals surface area (Å²) < 4.78 is 5.25. The molecule has 0 unspecified atom stereocenters. The monoisotopic (exact) mass is 304 g/mol. The number of hydrogen-bond donors (Lipinski definition) is 0. The molecule has 2 aromatic rings. The van der Waals surface area contributed by atoms with Crippen molar-refractivity contribution in [3.63, 3.8) is 0 Å². The highest BCUT2D eigenvalue weighted by Crippen LogP contribution is 2.40. The molecule has 0 spiro atoms. The molecule has 1 aliphatic rings. The first kappa shape index (κ1) is 14.1. The Hall–Kier alpha value is -1.81. The van der Waals surface area contributed by atoms with Gasteiger partial charge in [-0.2, -0.15) is 0 Å². The van der Waals surface area contributed by atoms with Crippen LogP contribution in [-0.2, 0) is 6.54 Å². The Labute approximate surface area is 128 Å². The van der Waals surface area contributed by atoms with Crippen LogP contribution in [0.5, 0.6) is 0 Å². The molecule has 1 amide bonds. The maximum Gasteiger partial charge on any atom is 0.276 e. The first-order chi connectivity index (χ1) is 10.2. The number of benzene rings is 1. The highest BCUT2D eigenvalue weighted by molar-refractivity contribution is 6.31. The Kier molecular flexibility index (Phi) is 3.97. The fraction of sp³-hybridized carbons (Fsp3) is 0.375. The summed E-state index contributed by atoms with van der Waals surface area (Å²) in [6, 6.07) is 9.33. The quantitative estimate of drug-likeness (QED) is 0.842. The Morgan fingerprint density at radius 2 is 2.19 bits per heavy atom. The first-order valence-corrected chi connectivity index (χ1v) is 7.56. The third kappa shape index (κ3) is 3.10. The summed E-state index contributed by atoms with van der Waals surface area (Å²) in [6.07, 6.45) is 2.25. The van der Waals surface area contributed by atoms with Crippen molar-refractivity contribution in [2.45, 2.75) is 32.2 Å². The van der Waals surface area contributed by atoms with Crippen molar-refractivity contribution in [3.05, 3.63) is 52.4 Å². The van der Waals surface area contributed by atoms with Gasteiger partial charge in [0.1, 0.15) is 5.76 Å². The summed E-state index contributed by atoms with van der Waals surface area (Å²) in [5.74, 6) is 1.16. The second-order valence-electron chi connectivity index (χ2n) is 5.30. The largest absolute Gasteiger partial charge is 0.360 e. The van der Waals surface area contributed by atoms with Crippen LogP contribution in [0.25, 0.3) is 0 Å². The predicted molar refractivity (Wildman–Crippen MR) is 80.3 cm³/mol. The molecule has 0 bridgehead atoms. The summed E-state index contributed by atoms with van der Waals surface area (Å²) in [6.45, 7) is 3.01. The van der Waals surface area contributed by atoms with Gasteiger partial charge in [-0.1, -0.05) is 35.0 Å². The van der Waals surface area contributed by atoms with Gasteiger partial charge in [0.25, 0.3) is 5.91 Å². The van der Waals surface area contributed by atoms with E-state index in [4.69, 9.17) is 16.1 Å². The zero-order valence-electron chi connectivity index (χ0n) is 11.9. The first-order valence-electron chi connectivity index (χ1n) is 7.18. The topological polar surface area (TPSA) is 46.3 Å². The molecular weight excluding hydrogens is 288 g/mol. The van der Waals surface area contributed by atoms with E-state index in [1.165, 1.54) is 0 Å². The van der Waals surface area contributed by atoms with E-state index in [9.17, 15) is 4.79 Å². The van der Waals surface area contributed by atoms with Crippen LogP contribution >= 0.6 is 11.6 Å². The van der Waals surface area contributed by atoms with E-state index < -0.39 is 0 Å². The van der Waals surface area contributed by atoms with E-state index in [2.05, 4.69) is 5.16 Å². The van der Waals surface area contributed by atoms with Gasteiger partial charge in [0.2, 0.25) is 0 Å². The summed E-state index contributed by atoms with van der Waals surface area (Å²) in [7, 11) is 0. The lowest BCUT2D eigenvalue weighted by molar-refractivity contribution is 0.0742. The van der Waals surface area contributed by atoms with Crippen LogP contribution in [0.1, 0.15) is 47.5 Å². The van der Waals surface area contributed by atoms with Gasteiger partial charge in [0.15, 0.2) is 5.69 Å². The van der Waals surface area contributed by atoms with E-state index in [0.29, 0.717) is 29.7 Å². The fourth-order valence-electron chi connectivity index (χ4n) is 2.27. The highest BCUT2D eigenvalue weighted by Gasteiger charge is 2.29. The molecule has 21 heavy (non-hydrogen) atoms. The van der Waals surface area contributed by atoms with Gasteiger partial charge in [-0.3, -0.25) is 4.79 Å².